The second-order valence-electron chi connectivity index (χ2n) is 6.92. The Morgan fingerprint density at radius 1 is 1.25 bits per heavy atom. The molecule has 0 unspecified atom stereocenters. The molecule has 7 heteroatoms. The van der Waals surface area contributed by atoms with Crippen molar-refractivity contribution in [3.8, 4) is 0 Å². The topological polar surface area (TPSA) is 91.0 Å². The number of H-pyrrole nitrogens is 1. The van der Waals surface area contributed by atoms with Crippen LogP contribution in [0.15, 0.2) is 48.8 Å². The number of carbonyl (C=O) groups is 2. The van der Waals surface area contributed by atoms with E-state index in [4.69, 9.17) is 0 Å². The molecule has 3 aromatic rings. The van der Waals surface area contributed by atoms with E-state index in [1.54, 1.807) is 17.3 Å². The van der Waals surface area contributed by atoms with Crippen molar-refractivity contribution in [1.82, 2.24) is 25.4 Å². The smallest absolute Gasteiger partial charge is 0.272 e. The van der Waals surface area contributed by atoms with E-state index < -0.39 is 0 Å². The fourth-order valence-electron chi connectivity index (χ4n) is 3.39. The van der Waals surface area contributed by atoms with Crippen molar-refractivity contribution in [3.63, 3.8) is 0 Å². The van der Waals surface area contributed by atoms with Crippen LogP contribution in [0.4, 0.5) is 0 Å². The van der Waals surface area contributed by atoms with E-state index in [9.17, 15) is 9.59 Å². The van der Waals surface area contributed by atoms with Crippen LogP contribution in [0.25, 0.3) is 0 Å². The second-order valence-corrected chi connectivity index (χ2v) is 6.92. The summed E-state index contributed by atoms with van der Waals surface area (Å²) in [6, 6.07) is 11.3. The van der Waals surface area contributed by atoms with Gasteiger partial charge in [0.15, 0.2) is 5.69 Å². The summed E-state index contributed by atoms with van der Waals surface area (Å²) in [6.45, 7) is 3.30. The minimum absolute atomic E-state index is 0.0303. The molecule has 0 atom stereocenters. The van der Waals surface area contributed by atoms with E-state index in [-0.39, 0.29) is 11.8 Å². The number of aromatic nitrogens is 3. The highest BCUT2D eigenvalue weighted by atomic mass is 16.2. The Hall–Kier alpha value is -3.48. The second kappa shape index (κ2) is 7.64. The molecular formula is C21H21N5O2. The Balaban J connectivity index is 1.48. The van der Waals surface area contributed by atoms with Crippen LogP contribution in [0.3, 0.4) is 0 Å². The number of nitrogens with zero attached hydrogens (tertiary/aromatic N) is 3. The van der Waals surface area contributed by atoms with E-state index >= 15 is 0 Å². The maximum atomic E-state index is 12.9. The van der Waals surface area contributed by atoms with Gasteiger partial charge in [0.1, 0.15) is 0 Å². The van der Waals surface area contributed by atoms with Crippen molar-refractivity contribution in [3.05, 3.63) is 82.4 Å². The van der Waals surface area contributed by atoms with Crippen molar-refractivity contribution >= 4 is 11.8 Å². The first-order valence-corrected chi connectivity index (χ1v) is 9.21. The lowest BCUT2D eigenvalue weighted by molar-refractivity contribution is 0.0731. The quantitative estimate of drug-likeness (QED) is 0.732. The standard InChI is InChI=1S/C21H21N5O2/c1-14-4-2-6-16(10-14)21(28)26-9-7-18-17(13-26)19(25-24-18)20(27)23-12-15-5-3-8-22-11-15/h2-6,8,10-11H,7,9,12-13H2,1H3,(H,23,27)(H,24,25). The van der Waals surface area contributed by atoms with Crippen molar-refractivity contribution in [1.29, 1.82) is 0 Å². The largest absolute Gasteiger partial charge is 0.346 e. The highest BCUT2D eigenvalue weighted by Gasteiger charge is 2.28. The number of rotatable bonds is 4. The molecule has 142 valence electrons. The molecule has 0 radical (unpaired) electrons. The molecule has 1 aliphatic rings. The fourth-order valence-corrected chi connectivity index (χ4v) is 3.39. The highest BCUT2D eigenvalue weighted by Crippen LogP contribution is 2.22. The molecule has 0 aliphatic carbocycles. The Labute approximate surface area is 162 Å². The minimum atomic E-state index is -0.258. The third-order valence-corrected chi connectivity index (χ3v) is 4.88. The lowest BCUT2D eigenvalue weighted by Crippen LogP contribution is -2.37. The molecule has 4 rings (SSSR count). The summed E-state index contributed by atoms with van der Waals surface area (Å²) in [6.07, 6.45) is 4.05. The Bertz CT molecular complexity index is 1010. The van der Waals surface area contributed by atoms with E-state index in [0.717, 1.165) is 22.4 Å². The Morgan fingerprint density at radius 2 is 2.14 bits per heavy atom. The van der Waals surface area contributed by atoms with Crippen molar-refractivity contribution < 1.29 is 9.59 Å². The molecule has 1 aliphatic heterocycles. The van der Waals surface area contributed by atoms with Gasteiger partial charge in [-0.3, -0.25) is 19.7 Å². The van der Waals surface area contributed by atoms with Crippen LogP contribution >= 0.6 is 0 Å². The normalized spacial score (nSPS) is 13.1. The SMILES string of the molecule is Cc1cccc(C(=O)N2CCc3[nH]nc(C(=O)NCc4cccnc4)c3C2)c1. The van der Waals surface area contributed by atoms with Gasteiger partial charge in [0.05, 0.1) is 6.54 Å². The molecule has 3 heterocycles. The van der Waals surface area contributed by atoms with Gasteiger partial charge in [-0.05, 0) is 30.7 Å². The van der Waals surface area contributed by atoms with Gasteiger partial charge in [-0.15, -0.1) is 0 Å². The van der Waals surface area contributed by atoms with Crippen molar-refractivity contribution in [2.75, 3.05) is 6.54 Å². The first-order chi connectivity index (χ1) is 13.6. The predicted octanol–water partition coefficient (Wildman–Crippen LogP) is 2.24. The molecule has 0 bridgehead atoms. The van der Waals surface area contributed by atoms with Gasteiger partial charge in [0.25, 0.3) is 11.8 Å². The van der Waals surface area contributed by atoms with E-state index in [1.165, 1.54) is 0 Å². The molecule has 0 saturated heterocycles. The number of hydrogen-bond donors (Lipinski definition) is 2. The monoisotopic (exact) mass is 375 g/mol. The van der Waals surface area contributed by atoms with Crippen LogP contribution in [0, 0.1) is 6.92 Å². The molecule has 0 fully saturated rings. The van der Waals surface area contributed by atoms with Crippen LogP contribution in [-0.2, 0) is 19.5 Å². The van der Waals surface area contributed by atoms with E-state index in [0.29, 0.717) is 37.3 Å². The summed E-state index contributed by atoms with van der Waals surface area (Å²) >= 11 is 0. The summed E-state index contributed by atoms with van der Waals surface area (Å²) in [5.74, 6) is -0.288. The highest BCUT2D eigenvalue weighted by molar-refractivity contribution is 5.96. The third-order valence-electron chi connectivity index (χ3n) is 4.88. The third kappa shape index (κ3) is 3.64. The van der Waals surface area contributed by atoms with Gasteiger partial charge in [0, 0.05) is 48.7 Å². The summed E-state index contributed by atoms with van der Waals surface area (Å²) in [5.41, 5.74) is 4.67. The molecule has 2 N–H and O–H groups in total. The average Bonchev–Trinajstić information content (AvgIpc) is 3.15. The number of aromatic amines is 1. The Morgan fingerprint density at radius 3 is 2.93 bits per heavy atom. The fraction of sp³-hybridized carbons (Fsp3) is 0.238. The molecule has 28 heavy (non-hydrogen) atoms. The number of nitrogens with one attached hydrogen (secondary N) is 2. The lowest BCUT2D eigenvalue weighted by Gasteiger charge is -2.27. The van der Waals surface area contributed by atoms with E-state index in [1.807, 2.05) is 43.3 Å². The summed E-state index contributed by atoms with van der Waals surface area (Å²) < 4.78 is 0. The van der Waals surface area contributed by atoms with Crippen LogP contribution in [-0.4, -0.2) is 38.4 Å². The number of amides is 2. The lowest BCUT2D eigenvalue weighted by atomic mass is 10.0. The van der Waals surface area contributed by atoms with Crippen LogP contribution in [0.2, 0.25) is 0 Å². The zero-order valence-corrected chi connectivity index (χ0v) is 15.6. The summed E-state index contributed by atoms with van der Waals surface area (Å²) in [5, 5.41) is 10.0. The maximum absolute atomic E-state index is 12.9. The predicted molar refractivity (Wildman–Crippen MR) is 104 cm³/mol. The molecule has 0 spiro atoms. The van der Waals surface area contributed by atoms with Gasteiger partial charge in [-0.1, -0.05) is 23.8 Å². The number of hydrogen-bond acceptors (Lipinski definition) is 4. The average molecular weight is 375 g/mol. The molecule has 2 aromatic heterocycles. The maximum Gasteiger partial charge on any atom is 0.272 e. The van der Waals surface area contributed by atoms with Gasteiger partial charge >= 0.3 is 0 Å². The first kappa shape index (κ1) is 17.9. The summed E-state index contributed by atoms with van der Waals surface area (Å²) in [4.78, 5) is 31.3. The number of pyridine rings is 1. The summed E-state index contributed by atoms with van der Waals surface area (Å²) in [7, 11) is 0. The molecule has 2 amide bonds. The van der Waals surface area contributed by atoms with Crippen molar-refractivity contribution in [2.45, 2.75) is 26.4 Å². The number of benzene rings is 1. The molecule has 1 aromatic carbocycles. The number of aryl methyl sites for hydroxylation is 1. The first-order valence-electron chi connectivity index (χ1n) is 9.21. The molecule has 7 nitrogen and oxygen atoms in total. The van der Waals surface area contributed by atoms with Gasteiger partial charge in [-0.25, -0.2) is 0 Å². The number of carbonyl (C=O) groups excluding carboxylic acids is 2. The molecule has 0 saturated carbocycles. The van der Waals surface area contributed by atoms with Crippen LogP contribution in [0.1, 0.15) is 43.2 Å². The van der Waals surface area contributed by atoms with Gasteiger partial charge in [0.2, 0.25) is 0 Å². The number of fused-ring (bicyclic) bond motifs is 1. The van der Waals surface area contributed by atoms with Crippen molar-refractivity contribution in [2.24, 2.45) is 0 Å². The molecular weight excluding hydrogens is 354 g/mol. The Kier molecular flexibility index (Phi) is 4.89. The van der Waals surface area contributed by atoms with Crippen LogP contribution < -0.4 is 5.32 Å². The van der Waals surface area contributed by atoms with Crippen LogP contribution in [0.5, 0.6) is 0 Å². The zero-order valence-electron chi connectivity index (χ0n) is 15.6. The van der Waals surface area contributed by atoms with Gasteiger partial charge in [-0.2, -0.15) is 5.10 Å². The zero-order chi connectivity index (χ0) is 19.5. The van der Waals surface area contributed by atoms with Gasteiger partial charge < -0.3 is 10.2 Å². The van der Waals surface area contributed by atoms with E-state index in [2.05, 4.69) is 20.5 Å². The minimum Gasteiger partial charge on any atom is -0.346 e.